The first-order valence-electron chi connectivity index (χ1n) is 8.30. The van der Waals surface area contributed by atoms with E-state index in [4.69, 9.17) is 0 Å². The molecular formula is C17H20ClN7O. The molecule has 0 spiro atoms. The zero-order chi connectivity index (χ0) is 17.1. The van der Waals surface area contributed by atoms with Crippen LogP contribution < -0.4 is 10.6 Å². The molecular weight excluding hydrogens is 354 g/mol. The maximum Gasteiger partial charge on any atom is 0.277 e. The van der Waals surface area contributed by atoms with Gasteiger partial charge in [-0.3, -0.25) is 19.6 Å². The first-order valence-corrected chi connectivity index (χ1v) is 8.30. The van der Waals surface area contributed by atoms with E-state index in [1.54, 1.807) is 18.5 Å². The average Bonchev–Trinajstić information content (AvgIpc) is 3.27. The van der Waals surface area contributed by atoms with Crippen molar-refractivity contribution in [2.75, 3.05) is 11.9 Å². The van der Waals surface area contributed by atoms with Gasteiger partial charge in [0, 0.05) is 62.0 Å². The summed E-state index contributed by atoms with van der Waals surface area (Å²) >= 11 is 0. The van der Waals surface area contributed by atoms with Crippen molar-refractivity contribution in [2.24, 2.45) is 0 Å². The fourth-order valence-electron chi connectivity index (χ4n) is 2.93. The molecule has 0 saturated heterocycles. The van der Waals surface area contributed by atoms with Crippen molar-refractivity contribution in [3.63, 3.8) is 0 Å². The van der Waals surface area contributed by atoms with Gasteiger partial charge in [-0.25, -0.2) is 0 Å². The molecule has 0 radical (unpaired) electrons. The van der Waals surface area contributed by atoms with E-state index in [1.807, 2.05) is 23.0 Å². The number of aromatic nitrogens is 5. The number of hydrogen-bond acceptors (Lipinski definition) is 5. The number of nitrogens with zero attached hydrogens (tertiary/aromatic N) is 4. The SMILES string of the molecule is Cl.O=C(Nc1ccn(CCc2ccncc2)n1)c1n[nH]c2c1CNCC2. The van der Waals surface area contributed by atoms with E-state index in [-0.39, 0.29) is 18.3 Å². The molecule has 0 fully saturated rings. The number of carbonyl (C=O) groups is 1. The second kappa shape index (κ2) is 8.11. The Labute approximate surface area is 156 Å². The van der Waals surface area contributed by atoms with Gasteiger partial charge >= 0.3 is 0 Å². The van der Waals surface area contributed by atoms with Crippen molar-refractivity contribution in [3.8, 4) is 0 Å². The van der Waals surface area contributed by atoms with Gasteiger partial charge in [-0.2, -0.15) is 10.2 Å². The van der Waals surface area contributed by atoms with E-state index in [2.05, 4.69) is 30.9 Å². The van der Waals surface area contributed by atoms with Crippen molar-refractivity contribution in [1.29, 1.82) is 0 Å². The summed E-state index contributed by atoms with van der Waals surface area (Å²) in [5, 5.41) is 17.6. The number of fused-ring (bicyclic) bond motifs is 1. The van der Waals surface area contributed by atoms with Crippen LogP contribution in [0.3, 0.4) is 0 Å². The van der Waals surface area contributed by atoms with Crippen molar-refractivity contribution in [1.82, 2.24) is 30.3 Å². The summed E-state index contributed by atoms with van der Waals surface area (Å²) in [5.41, 5.74) is 3.62. The third-order valence-corrected chi connectivity index (χ3v) is 4.28. The molecule has 26 heavy (non-hydrogen) atoms. The smallest absolute Gasteiger partial charge is 0.277 e. The van der Waals surface area contributed by atoms with E-state index in [1.165, 1.54) is 5.56 Å². The molecule has 0 atom stereocenters. The Bertz CT molecular complexity index is 874. The summed E-state index contributed by atoms with van der Waals surface area (Å²) in [7, 11) is 0. The molecule has 9 heteroatoms. The number of H-pyrrole nitrogens is 1. The van der Waals surface area contributed by atoms with Crippen LogP contribution in [-0.4, -0.2) is 37.4 Å². The molecule has 0 saturated carbocycles. The van der Waals surface area contributed by atoms with E-state index < -0.39 is 0 Å². The molecule has 0 aromatic carbocycles. The van der Waals surface area contributed by atoms with Crippen LogP contribution in [0.4, 0.5) is 5.82 Å². The summed E-state index contributed by atoms with van der Waals surface area (Å²) in [4.78, 5) is 16.5. The van der Waals surface area contributed by atoms with Crippen molar-refractivity contribution < 1.29 is 4.79 Å². The quantitative estimate of drug-likeness (QED) is 0.630. The highest BCUT2D eigenvalue weighted by molar-refractivity contribution is 6.03. The molecule has 136 valence electrons. The molecule has 0 unspecified atom stereocenters. The fourth-order valence-corrected chi connectivity index (χ4v) is 2.93. The fraction of sp³-hybridized carbons (Fsp3) is 0.294. The maximum atomic E-state index is 12.5. The second-order valence-electron chi connectivity index (χ2n) is 5.98. The van der Waals surface area contributed by atoms with Crippen LogP contribution in [0.25, 0.3) is 0 Å². The number of nitrogens with one attached hydrogen (secondary N) is 3. The molecule has 3 aromatic heterocycles. The number of aromatic amines is 1. The van der Waals surface area contributed by atoms with Gasteiger partial charge in [-0.05, 0) is 24.1 Å². The van der Waals surface area contributed by atoms with Gasteiger partial charge in [-0.1, -0.05) is 0 Å². The third kappa shape index (κ3) is 3.92. The lowest BCUT2D eigenvalue weighted by Crippen LogP contribution is -2.25. The van der Waals surface area contributed by atoms with Gasteiger partial charge in [0.15, 0.2) is 11.5 Å². The largest absolute Gasteiger partial charge is 0.312 e. The monoisotopic (exact) mass is 373 g/mol. The summed E-state index contributed by atoms with van der Waals surface area (Å²) < 4.78 is 1.82. The number of pyridine rings is 1. The molecule has 3 aromatic rings. The Kier molecular flexibility index (Phi) is 5.65. The lowest BCUT2D eigenvalue weighted by Gasteiger charge is -2.12. The average molecular weight is 374 g/mol. The summed E-state index contributed by atoms with van der Waals surface area (Å²) in [5.74, 6) is 0.292. The molecule has 1 aliphatic heterocycles. The first kappa shape index (κ1) is 18.1. The van der Waals surface area contributed by atoms with Crippen molar-refractivity contribution in [2.45, 2.75) is 25.9 Å². The molecule has 1 amide bonds. The highest BCUT2D eigenvalue weighted by Crippen LogP contribution is 2.16. The summed E-state index contributed by atoms with van der Waals surface area (Å²) in [6, 6.07) is 5.77. The normalized spacial score (nSPS) is 12.9. The number of anilines is 1. The van der Waals surface area contributed by atoms with Gasteiger partial charge in [0.2, 0.25) is 0 Å². The molecule has 8 nitrogen and oxygen atoms in total. The minimum absolute atomic E-state index is 0. The van der Waals surface area contributed by atoms with E-state index in [9.17, 15) is 4.79 Å². The number of rotatable bonds is 5. The van der Waals surface area contributed by atoms with Gasteiger partial charge in [-0.15, -0.1) is 12.4 Å². The summed E-state index contributed by atoms with van der Waals surface area (Å²) in [6.07, 6.45) is 7.14. The molecule has 0 bridgehead atoms. The Morgan fingerprint density at radius 2 is 2.12 bits per heavy atom. The van der Waals surface area contributed by atoms with Gasteiger partial charge in [0.1, 0.15) is 0 Å². The van der Waals surface area contributed by atoms with Gasteiger partial charge < -0.3 is 10.6 Å². The molecule has 3 N–H and O–H groups in total. The highest BCUT2D eigenvalue weighted by atomic mass is 35.5. The van der Waals surface area contributed by atoms with E-state index in [0.717, 1.165) is 37.2 Å². The number of halogens is 1. The molecule has 4 heterocycles. The van der Waals surface area contributed by atoms with E-state index >= 15 is 0 Å². The Balaban J connectivity index is 0.00000196. The van der Waals surface area contributed by atoms with Crippen LogP contribution in [-0.2, 0) is 25.9 Å². The van der Waals surface area contributed by atoms with Crippen LogP contribution in [0.2, 0.25) is 0 Å². The van der Waals surface area contributed by atoms with Crippen LogP contribution in [0, 0.1) is 0 Å². The Morgan fingerprint density at radius 1 is 1.27 bits per heavy atom. The van der Waals surface area contributed by atoms with Crippen LogP contribution in [0.5, 0.6) is 0 Å². The van der Waals surface area contributed by atoms with Crippen LogP contribution >= 0.6 is 12.4 Å². The predicted molar refractivity (Wildman–Crippen MR) is 99.4 cm³/mol. The lowest BCUT2D eigenvalue weighted by atomic mass is 10.1. The second-order valence-corrected chi connectivity index (χ2v) is 5.98. The topological polar surface area (TPSA) is 101 Å². The molecule has 4 rings (SSSR count). The number of amides is 1. The molecule has 0 aliphatic carbocycles. The van der Waals surface area contributed by atoms with Crippen LogP contribution in [0.15, 0.2) is 36.8 Å². The van der Waals surface area contributed by atoms with Gasteiger partial charge in [0.25, 0.3) is 5.91 Å². The Hall–Kier alpha value is -2.71. The van der Waals surface area contributed by atoms with Crippen molar-refractivity contribution >= 4 is 24.1 Å². The Morgan fingerprint density at radius 3 is 2.96 bits per heavy atom. The maximum absolute atomic E-state index is 12.5. The highest BCUT2D eigenvalue weighted by Gasteiger charge is 2.21. The first-order chi connectivity index (χ1) is 12.3. The molecule has 1 aliphatic rings. The zero-order valence-electron chi connectivity index (χ0n) is 14.1. The number of hydrogen-bond donors (Lipinski definition) is 3. The van der Waals surface area contributed by atoms with Crippen molar-refractivity contribution in [3.05, 3.63) is 59.3 Å². The minimum Gasteiger partial charge on any atom is -0.312 e. The van der Waals surface area contributed by atoms with E-state index in [0.29, 0.717) is 18.1 Å². The lowest BCUT2D eigenvalue weighted by molar-refractivity contribution is 0.102. The van der Waals surface area contributed by atoms with Gasteiger partial charge in [0.05, 0.1) is 0 Å². The standard InChI is InChI=1S/C17H19N7O.ClH/c25-17(16-13-11-19-8-3-14(13)21-22-16)20-15-5-10-24(23-15)9-4-12-1-6-18-7-2-12;/h1-2,5-7,10,19H,3-4,8-9,11H2,(H,21,22)(H,20,23,25);1H. The summed E-state index contributed by atoms with van der Waals surface area (Å²) in [6.45, 7) is 2.30. The predicted octanol–water partition coefficient (Wildman–Crippen LogP) is 1.56. The minimum atomic E-state index is -0.236. The third-order valence-electron chi connectivity index (χ3n) is 4.28. The number of aryl methyl sites for hydroxylation is 2. The van der Waals surface area contributed by atoms with Crippen LogP contribution in [0.1, 0.15) is 27.3 Å². The number of carbonyl (C=O) groups excluding carboxylic acids is 1. The zero-order valence-corrected chi connectivity index (χ0v) is 14.9.